The molecule has 0 aliphatic rings. The zero-order chi connectivity index (χ0) is 15.2. The molecule has 1 aromatic carbocycles. The largest absolute Gasteiger partial charge is 0.351 e. The molecule has 0 saturated carbocycles. The van der Waals surface area contributed by atoms with Crippen LogP contribution in [0, 0.1) is 0 Å². The number of halogens is 2. The molecule has 0 aliphatic heterocycles. The minimum Gasteiger partial charge on any atom is -0.351 e. The monoisotopic (exact) mass is 326 g/mol. The Labute approximate surface area is 135 Å². The molecular formula is C16H20Cl2N2O. The second-order valence-electron chi connectivity index (χ2n) is 5.20. The molecule has 1 amide bonds. The molecule has 114 valence electrons. The topological polar surface area (TPSA) is 44.9 Å². The number of fused-ring (bicyclic) bond motifs is 1. The molecule has 21 heavy (non-hydrogen) atoms. The molecule has 0 radical (unpaired) electrons. The van der Waals surface area contributed by atoms with Gasteiger partial charge in [0.15, 0.2) is 0 Å². The fraction of sp³-hybridized carbons (Fsp3) is 0.438. The Morgan fingerprint density at radius 3 is 2.67 bits per heavy atom. The van der Waals surface area contributed by atoms with Gasteiger partial charge >= 0.3 is 0 Å². The second-order valence-corrected chi connectivity index (χ2v) is 6.05. The molecule has 1 aromatic heterocycles. The molecule has 0 saturated heterocycles. The van der Waals surface area contributed by atoms with E-state index in [0.29, 0.717) is 22.3 Å². The van der Waals surface area contributed by atoms with Crippen LogP contribution >= 0.6 is 23.2 Å². The van der Waals surface area contributed by atoms with Crippen LogP contribution in [0.15, 0.2) is 18.2 Å². The van der Waals surface area contributed by atoms with Crippen molar-refractivity contribution >= 4 is 40.0 Å². The molecule has 5 heteroatoms. The predicted octanol–water partition coefficient (Wildman–Crippen LogP) is 5.17. The highest BCUT2D eigenvalue weighted by atomic mass is 35.5. The van der Waals surface area contributed by atoms with Gasteiger partial charge in [-0.3, -0.25) is 4.79 Å². The SMILES string of the molecule is CCCCCCCNC(=O)c1cc2c(Cl)cc(Cl)cc2[nH]1. The lowest BCUT2D eigenvalue weighted by Crippen LogP contribution is -2.24. The molecule has 0 fully saturated rings. The summed E-state index contributed by atoms with van der Waals surface area (Å²) in [5, 5.41) is 4.84. The first-order chi connectivity index (χ1) is 10.1. The third-order valence-electron chi connectivity index (χ3n) is 3.46. The summed E-state index contributed by atoms with van der Waals surface area (Å²) in [6.07, 6.45) is 5.88. The van der Waals surface area contributed by atoms with Crippen LogP contribution in [0.1, 0.15) is 49.5 Å². The number of aromatic nitrogens is 1. The minimum absolute atomic E-state index is 0.103. The first-order valence-electron chi connectivity index (χ1n) is 7.37. The van der Waals surface area contributed by atoms with Gasteiger partial charge in [-0.1, -0.05) is 55.8 Å². The van der Waals surface area contributed by atoms with Crippen LogP contribution in [0.5, 0.6) is 0 Å². The Morgan fingerprint density at radius 2 is 1.90 bits per heavy atom. The van der Waals surface area contributed by atoms with Gasteiger partial charge in [0, 0.05) is 22.5 Å². The third-order valence-corrected chi connectivity index (χ3v) is 3.99. The van der Waals surface area contributed by atoms with Crippen LogP contribution < -0.4 is 5.32 Å². The summed E-state index contributed by atoms with van der Waals surface area (Å²) >= 11 is 12.1. The van der Waals surface area contributed by atoms with Gasteiger partial charge < -0.3 is 10.3 Å². The Hall–Kier alpha value is -1.19. The Kier molecular flexibility index (Phi) is 5.95. The van der Waals surface area contributed by atoms with Gasteiger partial charge in [0.2, 0.25) is 0 Å². The fourth-order valence-corrected chi connectivity index (χ4v) is 2.86. The first-order valence-corrected chi connectivity index (χ1v) is 8.13. The van der Waals surface area contributed by atoms with Gasteiger partial charge in [-0.25, -0.2) is 0 Å². The predicted molar refractivity (Wildman–Crippen MR) is 89.4 cm³/mol. The van der Waals surface area contributed by atoms with E-state index in [4.69, 9.17) is 23.2 Å². The summed E-state index contributed by atoms with van der Waals surface area (Å²) in [5.41, 5.74) is 1.29. The number of carbonyl (C=O) groups excluding carboxylic acids is 1. The van der Waals surface area contributed by atoms with Crippen LogP contribution in [0.3, 0.4) is 0 Å². The zero-order valence-corrected chi connectivity index (χ0v) is 13.7. The summed E-state index contributed by atoms with van der Waals surface area (Å²) < 4.78 is 0. The van der Waals surface area contributed by atoms with E-state index in [1.807, 2.05) is 0 Å². The maximum absolute atomic E-state index is 12.1. The molecular weight excluding hydrogens is 307 g/mol. The van der Waals surface area contributed by atoms with Crippen molar-refractivity contribution < 1.29 is 4.79 Å². The molecule has 0 unspecified atom stereocenters. The molecule has 2 rings (SSSR count). The summed E-state index contributed by atoms with van der Waals surface area (Å²) in [6.45, 7) is 2.89. The van der Waals surface area contributed by atoms with Crippen molar-refractivity contribution in [2.45, 2.75) is 39.0 Å². The number of carbonyl (C=O) groups is 1. The van der Waals surface area contributed by atoms with E-state index in [-0.39, 0.29) is 5.91 Å². The van der Waals surface area contributed by atoms with Gasteiger partial charge in [0.1, 0.15) is 5.69 Å². The van der Waals surface area contributed by atoms with Crippen molar-refractivity contribution in [3.8, 4) is 0 Å². The van der Waals surface area contributed by atoms with Gasteiger partial charge in [0.25, 0.3) is 5.91 Å². The molecule has 1 heterocycles. The van der Waals surface area contributed by atoms with E-state index in [1.54, 1.807) is 18.2 Å². The Morgan fingerprint density at radius 1 is 1.14 bits per heavy atom. The second kappa shape index (κ2) is 7.71. The molecule has 0 aliphatic carbocycles. The lowest BCUT2D eigenvalue weighted by molar-refractivity contribution is 0.0949. The van der Waals surface area contributed by atoms with Gasteiger partial charge in [-0.2, -0.15) is 0 Å². The number of hydrogen-bond acceptors (Lipinski definition) is 1. The normalized spacial score (nSPS) is 11.0. The number of hydrogen-bond donors (Lipinski definition) is 2. The summed E-state index contributed by atoms with van der Waals surface area (Å²) in [6, 6.07) is 5.21. The first kappa shape index (κ1) is 16.2. The van der Waals surface area contributed by atoms with Crippen molar-refractivity contribution in [1.29, 1.82) is 0 Å². The fourth-order valence-electron chi connectivity index (χ4n) is 2.31. The van der Waals surface area contributed by atoms with Crippen molar-refractivity contribution in [3.63, 3.8) is 0 Å². The van der Waals surface area contributed by atoms with Crippen molar-refractivity contribution in [3.05, 3.63) is 33.9 Å². The summed E-state index contributed by atoms with van der Waals surface area (Å²) in [7, 11) is 0. The van der Waals surface area contributed by atoms with E-state index in [1.165, 1.54) is 19.3 Å². The highest BCUT2D eigenvalue weighted by Gasteiger charge is 2.11. The van der Waals surface area contributed by atoms with E-state index in [9.17, 15) is 4.79 Å². The van der Waals surface area contributed by atoms with Gasteiger partial charge in [-0.05, 0) is 24.6 Å². The van der Waals surface area contributed by atoms with Gasteiger partial charge in [0.05, 0.1) is 5.02 Å². The smallest absolute Gasteiger partial charge is 0.267 e. The maximum atomic E-state index is 12.1. The third kappa shape index (κ3) is 4.39. The van der Waals surface area contributed by atoms with Crippen molar-refractivity contribution in [1.82, 2.24) is 10.3 Å². The summed E-state index contributed by atoms with van der Waals surface area (Å²) in [5.74, 6) is -0.103. The number of H-pyrrole nitrogens is 1. The number of benzene rings is 1. The standard InChI is InChI=1S/C16H20Cl2N2O/c1-2-3-4-5-6-7-19-16(21)15-10-12-13(18)8-11(17)9-14(12)20-15/h8-10,20H,2-7H2,1H3,(H,19,21). The highest BCUT2D eigenvalue weighted by molar-refractivity contribution is 6.38. The Bertz CT molecular complexity index is 622. The van der Waals surface area contributed by atoms with Crippen LogP contribution in [0.25, 0.3) is 10.9 Å². The lowest BCUT2D eigenvalue weighted by atomic mass is 10.1. The van der Waals surface area contributed by atoms with E-state index >= 15 is 0 Å². The van der Waals surface area contributed by atoms with E-state index in [0.717, 1.165) is 23.7 Å². The Balaban J connectivity index is 1.92. The minimum atomic E-state index is -0.103. The molecule has 0 atom stereocenters. The quantitative estimate of drug-likeness (QED) is 0.677. The number of amides is 1. The molecule has 0 spiro atoms. The van der Waals surface area contributed by atoms with Crippen LogP contribution in [-0.2, 0) is 0 Å². The van der Waals surface area contributed by atoms with Crippen molar-refractivity contribution in [2.75, 3.05) is 6.54 Å². The lowest BCUT2D eigenvalue weighted by Gasteiger charge is -2.03. The molecule has 0 bridgehead atoms. The molecule has 2 aromatic rings. The van der Waals surface area contributed by atoms with Gasteiger partial charge in [-0.15, -0.1) is 0 Å². The van der Waals surface area contributed by atoms with Crippen LogP contribution in [0.2, 0.25) is 10.0 Å². The van der Waals surface area contributed by atoms with Crippen molar-refractivity contribution in [2.24, 2.45) is 0 Å². The summed E-state index contributed by atoms with van der Waals surface area (Å²) in [4.78, 5) is 15.1. The number of rotatable bonds is 7. The zero-order valence-electron chi connectivity index (χ0n) is 12.1. The van der Waals surface area contributed by atoms with Crippen LogP contribution in [0.4, 0.5) is 0 Å². The number of unbranched alkanes of at least 4 members (excludes halogenated alkanes) is 4. The van der Waals surface area contributed by atoms with E-state index < -0.39 is 0 Å². The average molecular weight is 327 g/mol. The van der Waals surface area contributed by atoms with Crippen LogP contribution in [-0.4, -0.2) is 17.4 Å². The molecule has 3 nitrogen and oxygen atoms in total. The average Bonchev–Trinajstić information content (AvgIpc) is 2.86. The molecule has 2 N–H and O–H groups in total. The van der Waals surface area contributed by atoms with E-state index in [2.05, 4.69) is 17.2 Å². The maximum Gasteiger partial charge on any atom is 0.267 e. The highest BCUT2D eigenvalue weighted by Crippen LogP contribution is 2.28. The number of nitrogens with one attached hydrogen (secondary N) is 2. The number of aromatic amines is 1.